The predicted molar refractivity (Wildman–Crippen MR) is 115 cm³/mol. The number of aliphatic hydroxyl groups is 1. The van der Waals surface area contributed by atoms with E-state index < -0.39 is 5.60 Å². The fraction of sp³-hybridized carbons (Fsp3) is 0.360. The van der Waals surface area contributed by atoms with Crippen molar-refractivity contribution < 1.29 is 9.50 Å². The average Bonchev–Trinajstić information content (AvgIpc) is 3.31. The normalized spacial score (nSPS) is 25.0. The summed E-state index contributed by atoms with van der Waals surface area (Å²) < 4.78 is 15.2. The number of pyridine rings is 1. The van der Waals surface area contributed by atoms with Gasteiger partial charge in [0.05, 0.1) is 23.2 Å². The van der Waals surface area contributed by atoms with Crippen LogP contribution in [0.5, 0.6) is 0 Å². The molecule has 0 unspecified atom stereocenters. The van der Waals surface area contributed by atoms with Crippen LogP contribution in [0.4, 0.5) is 4.39 Å². The molecule has 2 aliphatic carbocycles. The Labute approximate surface area is 176 Å². The summed E-state index contributed by atoms with van der Waals surface area (Å²) in [5.74, 6) is -0.253. The molecular weight excluding hydrogens is 377 g/mol. The lowest BCUT2D eigenvalue weighted by atomic mass is 9.63. The molecule has 0 bridgehead atoms. The van der Waals surface area contributed by atoms with E-state index in [1.807, 2.05) is 35.3 Å². The van der Waals surface area contributed by atoms with E-state index in [-0.39, 0.29) is 11.2 Å². The number of halogens is 1. The van der Waals surface area contributed by atoms with Gasteiger partial charge in [-0.3, -0.25) is 4.98 Å². The minimum absolute atomic E-state index is 0.253. The van der Waals surface area contributed by atoms with Crippen LogP contribution in [-0.4, -0.2) is 25.5 Å². The van der Waals surface area contributed by atoms with E-state index in [0.29, 0.717) is 6.42 Å². The molecule has 5 rings (SSSR count). The summed E-state index contributed by atoms with van der Waals surface area (Å²) in [4.78, 5) is 4.44. The van der Waals surface area contributed by atoms with Crippen LogP contribution >= 0.6 is 0 Å². The first-order valence-corrected chi connectivity index (χ1v) is 10.7. The number of hydrogen-bond donors (Lipinski definition) is 1. The highest BCUT2D eigenvalue weighted by molar-refractivity contribution is 5.63. The van der Waals surface area contributed by atoms with Gasteiger partial charge in [0.1, 0.15) is 5.82 Å². The Kier molecular flexibility index (Phi) is 4.58. The minimum Gasteiger partial charge on any atom is -0.389 e. The van der Waals surface area contributed by atoms with Crippen LogP contribution in [0.25, 0.3) is 11.8 Å². The van der Waals surface area contributed by atoms with E-state index in [4.69, 9.17) is 0 Å². The van der Waals surface area contributed by atoms with Crippen LogP contribution in [0.1, 0.15) is 49.6 Å². The fourth-order valence-electron chi connectivity index (χ4n) is 5.49. The third kappa shape index (κ3) is 2.91. The van der Waals surface area contributed by atoms with Gasteiger partial charge in [-0.1, -0.05) is 18.6 Å². The van der Waals surface area contributed by atoms with Gasteiger partial charge in [-0.2, -0.15) is 5.10 Å². The molecule has 2 aromatic heterocycles. The molecule has 0 aliphatic heterocycles. The van der Waals surface area contributed by atoms with E-state index >= 15 is 0 Å². The van der Waals surface area contributed by atoms with Gasteiger partial charge in [-0.25, -0.2) is 9.07 Å². The minimum atomic E-state index is -0.749. The summed E-state index contributed by atoms with van der Waals surface area (Å²) in [6, 6.07) is 12.4. The second-order valence-corrected chi connectivity index (χ2v) is 8.58. The van der Waals surface area contributed by atoms with Crippen molar-refractivity contribution >= 4 is 6.08 Å². The van der Waals surface area contributed by atoms with Crippen molar-refractivity contribution in [3.05, 3.63) is 83.2 Å². The van der Waals surface area contributed by atoms with Crippen LogP contribution < -0.4 is 0 Å². The largest absolute Gasteiger partial charge is 0.389 e. The highest BCUT2D eigenvalue weighted by Gasteiger charge is 2.56. The topological polar surface area (TPSA) is 50.9 Å². The second-order valence-electron chi connectivity index (χ2n) is 8.58. The summed E-state index contributed by atoms with van der Waals surface area (Å²) in [6.45, 7) is 2.18. The maximum absolute atomic E-state index is 13.3. The number of aryl methyl sites for hydroxylation is 1. The quantitative estimate of drug-likeness (QED) is 0.659. The lowest BCUT2D eigenvalue weighted by Crippen LogP contribution is -2.47. The van der Waals surface area contributed by atoms with Gasteiger partial charge in [0.15, 0.2) is 0 Å². The predicted octanol–water partition coefficient (Wildman–Crippen LogP) is 4.90. The Morgan fingerprint density at radius 2 is 2.00 bits per heavy atom. The average molecular weight is 404 g/mol. The van der Waals surface area contributed by atoms with Crippen molar-refractivity contribution in [2.24, 2.45) is 5.41 Å². The highest BCUT2D eigenvalue weighted by atomic mass is 19.1. The van der Waals surface area contributed by atoms with E-state index in [1.54, 1.807) is 12.1 Å². The molecule has 0 amide bonds. The molecule has 0 spiro atoms. The molecule has 3 aromatic rings. The lowest BCUT2D eigenvalue weighted by molar-refractivity contribution is -0.0570. The summed E-state index contributed by atoms with van der Waals surface area (Å²) in [5.41, 5.74) is 4.37. The first-order valence-electron chi connectivity index (χ1n) is 10.7. The maximum Gasteiger partial charge on any atom is 0.123 e. The Morgan fingerprint density at radius 3 is 2.73 bits per heavy atom. The highest BCUT2D eigenvalue weighted by Crippen LogP contribution is 2.58. The first-order chi connectivity index (χ1) is 14.5. The molecule has 2 aliphatic rings. The third-order valence-electron chi connectivity index (χ3n) is 7.20. The number of aromatic nitrogens is 3. The molecule has 2 atom stereocenters. The van der Waals surface area contributed by atoms with Crippen molar-refractivity contribution in [1.29, 1.82) is 0 Å². The Balaban J connectivity index is 1.48. The first kappa shape index (κ1) is 19.2. The number of nitrogens with zero attached hydrogens (tertiary/aromatic N) is 3. The van der Waals surface area contributed by atoms with Crippen molar-refractivity contribution in [2.45, 2.75) is 51.0 Å². The maximum atomic E-state index is 13.3. The summed E-state index contributed by atoms with van der Waals surface area (Å²) in [5, 5.41) is 16.4. The van der Waals surface area contributed by atoms with Crippen LogP contribution in [0.2, 0.25) is 0 Å². The fourth-order valence-corrected chi connectivity index (χ4v) is 5.49. The van der Waals surface area contributed by atoms with Crippen molar-refractivity contribution in [1.82, 2.24) is 14.8 Å². The Morgan fingerprint density at radius 1 is 1.17 bits per heavy atom. The molecule has 30 heavy (non-hydrogen) atoms. The number of benzene rings is 1. The van der Waals surface area contributed by atoms with Gasteiger partial charge in [0.2, 0.25) is 0 Å². The molecule has 5 heteroatoms. The molecule has 1 N–H and O–H groups in total. The van der Waals surface area contributed by atoms with Gasteiger partial charge in [0, 0.05) is 17.3 Å². The zero-order valence-electron chi connectivity index (χ0n) is 17.2. The SMILES string of the molecule is CC[C@]12Cc3cnn(-c4ccc(F)cc4)c3C=C1CC[C@@]2(O)CCc1ccccn1. The molecule has 0 saturated heterocycles. The van der Waals surface area contributed by atoms with Crippen molar-refractivity contribution in [3.8, 4) is 5.69 Å². The molecule has 1 aromatic carbocycles. The smallest absolute Gasteiger partial charge is 0.123 e. The number of rotatable bonds is 5. The van der Waals surface area contributed by atoms with Crippen molar-refractivity contribution in [3.63, 3.8) is 0 Å². The zero-order chi connectivity index (χ0) is 20.8. The molecule has 1 fully saturated rings. The summed E-state index contributed by atoms with van der Waals surface area (Å²) in [6.07, 6.45) is 10.7. The molecule has 4 nitrogen and oxygen atoms in total. The number of fused-ring (bicyclic) bond motifs is 2. The lowest BCUT2D eigenvalue weighted by Gasteiger charge is -2.45. The van der Waals surface area contributed by atoms with Crippen LogP contribution in [0.15, 0.2) is 60.4 Å². The van der Waals surface area contributed by atoms with E-state index in [1.165, 1.54) is 17.7 Å². The van der Waals surface area contributed by atoms with Gasteiger partial charge in [-0.15, -0.1) is 0 Å². The van der Waals surface area contributed by atoms with Crippen LogP contribution in [-0.2, 0) is 12.8 Å². The monoisotopic (exact) mass is 403 g/mol. The number of hydrogen-bond acceptors (Lipinski definition) is 3. The molecule has 2 heterocycles. The standard InChI is InChI=1S/C25H26FN3O/c1-2-24-16-18-17-28-29(22-8-6-20(26)7-9-22)23(18)15-19(24)10-12-25(24,30)13-11-21-5-3-4-14-27-21/h3-9,14-15,17,30H,2,10-13,16H2,1H3/t24-,25+/m0/s1. The van der Waals surface area contributed by atoms with Gasteiger partial charge in [-0.05, 0) is 86.6 Å². The van der Waals surface area contributed by atoms with Gasteiger partial charge < -0.3 is 5.11 Å². The van der Waals surface area contributed by atoms with Gasteiger partial charge >= 0.3 is 0 Å². The van der Waals surface area contributed by atoms with Crippen molar-refractivity contribution in [2.75, 3.05) is 0 Å². The second kappa shape index (κ2) is 7.17. The molecule has 1 saturated carbocycles. The Hall–Kier alpha value is -2.79. The zero-order valence-corrected chi connectivity index (χ0v) is 17.2. The molecular formula is C25H26FN3O. The van der Waals surface area contributed by atoms with Crippen LogP contribution in [0, 0.1) is 11.2 Å². The van der Waals surface area contributed by atoms with E-state index in [2.05, 4.69) is 23.1 Å². The summed E-state index contributed by atoms with van der Waals surface area (Å²) in [7, 11) is 0. The van der Waals surface area contributed by atoms with E-state index in [0.717, 1.165) is 54.7 Å². The van der Waals surface area contributed by atoms with Gasteiger partial charge in [0.25, 0.3) is 0 Å². The Bertz CT molecular complexity index is 1090. The summed E-state index contributed by atoms with van der Waals surface area (Å²) >= 11 is 0. The van der Waals surface area contributed by atoms with E-state index in [9.17, 15) is 9.50 Å². The van der Waals surface area contributed by atoms with Crippen LogP contribution in [0.3, 0.4) is 0 Å². The molecule has 0 radical (unpaired) electrons. The molecule has 154 valence electrons. The third-order valence-corrected chi connectivity index (χ3v) is 7.20.